The van der Waals surface area contributed by atoms with Gasteiger partial charge >= 0.3 is 0 Å². The summed E-state index contributed by atoms with van der Waals surface area (Å²) in [5.74, 6) is 0. The highest BCUT2D eigenvalue weighted by molar-refractivity contribution is 4.88. The second-order valence-corrected chi connectivity index (χ2v) is 6.21. The minimum atomic E-state index is 0.223. The second kappa shape index (κ2) is 5.87. The van der Waals surface area contributed by atoms with Gasteiger partial charge in [0.2, 0.25) is 0 Å². The molecule has 2 rings (SSSR count). The molecule has 4 nitrogen and oxygen atoms in total. The molecular weight excluding hydrogens is 224 g/mol. The average Bonchev–Trinajstić information content (AvgIpc) is 2.39. The Bertz CT molecular complexity index is 251. The number of likely N-dealkylation sites (N-methyl/N-ethyl adjacent to an activating group) is 2. The molecule has 106 valence electrons. The molecule has 0 aliphatic carbocycles. The molecule has 4 heteroatoms. The van der Waals surface area contributed by atoms with E-state index in [4.69, 9.17) is 0 Å². The van der Waals surface area contributed by atoms with Crippen LogP contribution in [-0.2, 0) is 0 Å². The Kier molecular flexibility index (Phi) is 4.64. The molecule has 0 saturated carbocycles. The molecular formula is C14H30N4. The molecule has 0 aromatic heterocycles. The summed E-state index contributed by atoms with van der Waals surface area (Å²) in [6, 6.07) is 0. The predicted octanol–water partition coefficient (Wildman–Crippen LogP) is 0.607. The molecule has 0 amide bonds. The Hall–Kier alpha value is -0.160. The molecule has 2 aliphatic rings. The first-order valence-electron chi connectivity index (χ1n) is 7.45. The van der Waals surface area contributed by atoms with Gasteiger partial charge in [0, 0.05) is 52.4 Å². The summed E-state index contributed by atoms with van der Waals surface area (Å²) in [6.45, 7) is 18.0. The second-order valence-electron chi connectivity index (χ2n) is 6.21. The van der Waals surface area contributed by atoms with Crippen molar-refractivity contribution in [3.05, 3.63) is 0 Å². The highest BCUT2D eigenvalue weighted by atomic mass is 15.4. The van der Waals surface area contributed by atoms with Crippen molar-refractivity contribution in [3.8, 4) is 0 Å². The molecule has 0 atom stereocenters. The van der Waals surface area contributed by atoms with Gasteiger partial charge in [-0.05, 0) is 27.4 Å². The lowest BCUT2D eigenvalue weighted by atomic mass is 10.1. The smallest absolute Gasteiger partial charge is 0.0681 e. The van der Waals surface area contributed by atoms with Crippen molar-refractivity contribution in [2.75, 3.05) is 66.0 Å². The summed E-state index contributed by atoms with van der Waals surface area (Å²) in [6.07, 6.45) is 0. The van der Waals surface area contributed by atoms with E-state index < -0.39 is 0 Å². The zero-order valence-electron chi connectivity index (χ0n) is 12.7. The Morgan fingerprint density at radius 1 is 0.778 bits per heavy atom. The van der Waals surface area contributed by atoms with Gasteiger partial charge in [0.05, 0.1) is 5.66 Å². The zero-order chi connectivity index (χ0) is 13.2. The van der Waals surface area contributed by atoms with Crippen LogP contribution in [0.15, 0.2) is 0 Å². The lowest BCUT2D eigenvalue weighted by Gasteiger charge is -2.51. The number of hydrogen-bond acceptors (Lipinski definition) is 4. The van der Waals surface area contributed by atoms with Gasteiger partial charge in [0.15, 0.2) is 0 Å². The topological polar surface area (TPSA) is 13.0 Å². The van der Waals surface area contributed by atoms with Crippen LogP contribution in [-0.4, -0.2) is 91.2 Å². The fraction of sp³-hybridized carbons (Fsp3) is 1.00. The molecule has 2 saturated heterocycles. The molecule has 2 aliphatic heterocycles. The van der Waals surface area contributed by atoms with Crippen LogP contribution in [0.1, 0.15) is 20.8 Å². The molecule has 0 unspecified atom stereocenters. The molecule has 0 bridgehead atoms. The van der Waals surface area contributed by atoms with E-state index in [9.17, 15) is 0 Å². The van der Waals surface area contributed by atoms with E-state index in [2.05, 4.69) is 47.4 Å². The highest BCUT2D eigenvalue weighted by Crippen LogP contribution is 2.22. The van der Waals surface area contributed by atoms with Gasteiger partial charge in [0.1, 0.15) is 0 Å². The summed E-state index contributed by atoms with van der Waals surface area (Å²) in [5.41, 5.74) is 0.223. The van der Waals surface area contributed by atoms with Crippen molar-refractivity contribution in [1.29, 1.82) is 0 Å². The van der Waals surface area contributed by atoms with Gasteiger partial charge in [-0.2, -0.15) is 0 Å². The maximum Gasteiger partial charge on any atom is 0.0681 e. The van der Waals surface area contributed by atoms with Crippen molar-refractivity contribution in [2.24, 2.45) is 0 Å². The summed E-state index contributed by atoms with van der Waals surface area (Å²) >= 11 is 0. The van der Waals surface area contributed by atoms with E-state index in [-0.39, 0.29) is 5.66 Å². The third kappa shape index (κ3) is 3.05. The van der Waals surface area contributed by atoms with Gasteiger partial charge in [-0.25, -0.2) is 0 Å². The number of hydrogen-bond donors (Lipinski definition) is 0. The lowest BCUT2D eigenvalue weighted by molar-refractivity contribution is -0.0704. The summed E-state index contributed by atoms with van der Waals surface area (Å²) in [5, 5.41) is 0. The van der Waals surface area contributed by atoms with Crippen LogP contribution in [0.5, 0.6) is 0 Å². The van der Waals surface area contributed by atoms with E-state index in [1.54, 1.807) is 0 Å². The highest BCUT2D eigenvalue weighted by Gasteiger charge is 2.35. The van der Waals surface area contributed by atoms with E-state index in [1.807, 2.05) is 0 Å². The lowest BCUT2D eigenvalue weighted by Crippen LogP contribution is -2.64. The van der Waals surface area contributed by atoms with Gasteiger partial charge in [-0.1, -0.05) is 6.92 Å². The van der Waals surface area contributed by atoms with Gasteiger partial charge in [0.25, 0.3) is 0 Å². The Labute approximate surface area is 113 Å². The first kappa shape index (κ1) is 14.3. The van der Waals surface area contributed by atoms with E-state index >= 15 is 0 Å². The zero-order valence-corrected chi connectivity index (χ0v) is 12.7. The number of rotatable bonds is 3. The van der Waals surface area contributed by atoms with Crippen LogP contribution in [0.2, 0.25) is 0 Å². The molecule has 18 heavy (non-hydrogen) atoms. The third-order valence-electron chi connectivity index (χ3n) is 4.87. The minimum Gasteiger partial charge on any atom is -0.304 e. The monoisotopic (exact) mass is 254 g/mol. The van der Waals surface area contributed by atoms with Crippen LogP contribution in [0.4, 0.5) is 0 Å². The number of nitrogens with zero attached hydrogens (tertiary/aromatic N) is 4. The Morgan fingerprint density at radius 3 is 1.67 bits per heavy atom. The molecule has 0 N–H and O–H groups in total. The quantitative estimate of drug-likeness (QED) is 0.731. The first-order chi connectivity index (χ1) is 8.54. The standard InChI is InChI=1S/C14H30N4/c1-5-16-8-12-18(13-9-16)14(2,3)17-10-6-15(4)7-11-17/h5-13H2,1-4H3. The van der Waals surface area contributed by atoms with Crippen molar-refractivity contribution >= 4 is 0 Å². The van der Waals surface area contributed by atoms with Crippen LogP contribution in [0.25, 0.3) is 0 Å². The van der Waals surface area contributed by atoms with Crippen LogP contribution >= 0.6 is 0 Å². The van der Waals surface area contributed by atoms with Gasteiger partial charge < -0.3 is 9.80 Å². The summed E-state index contributed by atoms with van der Waals surface area (Å²) < 4.78 is 0. The normalized spacial score (nSPS) is 26.7. The van der Waals surface area contributed by atoms with Crippen LogP contribution in [0.3, 0.4) is 0 Å². The fourth-order valence-electron chi connectivity index (χ4n) is 3.16. The minimum absolute atomic E-state index is 0.223. The summed E-state index contributed by atoms with van der Waals surface area (Å²) in [4.78, 5) is 10.3. The van der Waals surface area contributed by atoms with E-state index in [0.29, 0.717) is 0 Å². The van der Waals surface area contributed by atoms with Crippen molar-refractivity contribution < 1.29 is 0 Å². The molecule has 2 fully saturated rings. The molecule has 0 radical (unpaired) electrons. The largest absolute Gasteiger partial charge is 0.304 e. The summed E-state index contributed by atoms with van der Waals surface area (Å²) in [7, 11) is 2.23. The maximum absolute atomic E-state index is 2.67. The predicted molar refractivity (Wildman–Crippen MR) is 76.8 cm³/mol. The number of piperazine rings is 2. The average molecular weight is 254 g/mol. The molecule has 0 spiro atoms. The van der Waals surface area contributed by atoms with Gasteiger partial charge in [-0.15, -0.1) is 0 Å². The van der Waals surface area contributed by atoms with Crippen molar-refractivity contribution in [2.45, 2.75) is 26.4 Å². The first-order valence-corrected chi connectivity index (χ1v) is 7.45. The van der Waals surface area contributed by atoms with Gasteiger partial charge in [-0.3, -0.25) is 9.80 Å². The van der Waals surface area contributed by atoms with Crippen molar-refractivity contribution in [1.82, 2.24) is 19.6 Å². The van der Waals surface area contributed by atoms with Crippen LogP contribution in [0, 0.1) is 0 Å². The fourth-order valence-corrected chi connectivity index (χ4v) is 3.16. The molecule has 2 heterocycles. The Morgan fingerprint density at radius 2 is 1.22 bits per heavy atom. The van der Waals surface area contributed by atoms with E-state index in [1.165, 1.54) is 58.9 Å². The molecule has 0 aromatic carbocycles. The third-order valence-corrected chi connectivity index (χ3v) is 4.87. The maximum atomic E-state index is 2.67. The molecule has 0 aromatic rings. The van der Waals surface area contributed by atoms with Crippen molar-refractivity contribution in [3.63, 3.8) is 0 Å². The van der Waals surface area contributed by atoms with Crippen LogP contribution < -0.4 is 0 Å². The van der Waals surface area contributed by atoms with E-state index in [0.717, 1.165) is 0 Å². The SMILES string of the molecule is CCN1CCN(C(C)(C)N2CCN(C)CC2)CC1. The Balaban J connectivity index is 1.90.